The molecule has 0 unspecified atom stereocenters. The van der Waals surface area contributed by atoms with Crippen LogP contribution in [-0.4, -0.2) is 15.6 Å². The number of rotatable bonds is 1. The highest BCUT2D eigenvalue weighted by molar-refractivity contribution is 5.88. The molecule has 0 saturated carbocycles. The highest BCUT2D eigenvalue weighted by atomic mass is 19.4. The number of carboxylic acid groups (broad SMARTS) is 1. The summed E-state index contributed by atoms with van der Waals surface area (Å²) in [7, 11) is 0. The van der Waals surface area contributed by atoms with Gasteiger partial charge >= 0.3 is 12.3 Å². The molecule has 0 amide bonds. The Labute approximate surface area is 71.4 Å². The fourth-order valence-electron chi connectivity index (χ4n) is 1.01. The average molecular weight is 193 g/mol. The third-order valence-electron chi connectivity index (χ3n) is 1.64. The maximum Gasteiger partial charge on any atom is 0.488 e. The Bertz CT molecular complexity index is 340. The van der Waals surface area contributed by atoms with Crippen molar-refractivity contribution in [3.8, 4) is 0 Å². The van der Waals surface area contributed by atoms with E-state index < -0.39 is 12.3 Å². The second-order valence-corrected chi connectivity index (χ2v) is 2.46. The van der Waals surface area contributed by atoms with Crippen LogP contribution in [0.1, 0.15) is 16.1 Å². The summed E-state index contributed by atoms with van der Waals surface area (Å²) in [6.45, 7) is 1.11. The first-order chi connectivity index (χ1) is 5.84. The maximum atomic E-state index is 12.1. The van der Waals surface area contributed by atoms with E-state index in [0.29, 0.717) is 6.20 Å². The summed E-state index contributed by atoms with van der Waals surface area (Å²) in [5.41, 5.74) is -0.655. The lowest BCUT2D eigenvalue weighted by molar-refractivity contribution is -0.204. The van der Waals surface area contributed by atoms with Crippen molar-refractivity contribution in [2.24, 2.45) is 0 Å². The summed E-state index contributed by atoms with van der Waals surface area (Å²) in [6.07, 6.45) is -3.86. The topological polar surface area (TPSA) is 42.2 Å². The molecule has 0 aliphatic rings. The number of alkyl halides is 3. The van der Waals surface area contributed by atoms with Crippen LogP contribution < -0.4 is 0 Å². The molecule has 0 atom stereocenters. The van der Waals surface area contributed by atoms with Crippen LogP contribution in [0, 0.1) is 6.92 Å². The Morgan fingerprint density at radius 2 is 2.08 bits per heavy atom. The SMILES string of the molecule is Cc1c(C(=O)O)ccn1C(F)(F)F. The van der Waals surface area contributed by atoms with Crippen LogP contribution in [0.25, 0.3) is 0 Å². The van der Waals surface area contributed by atoms with Gasteiger partial charge in [-0.15, -0.1) is 13.2 Å². The summed E-state index contributed by atoms with van der Waals surface area (Å²) in [5.74, 6) is -1.36. The van der Waals surface area contributed by atoms with Gasteiger partial charge in [0.05, 0.1) is 5.56 Å². The monoisotopic (exact) mass is 193 g/mol. The molecule has 0 fully saturated rings. The van der Waals surface area contributed by atoms with Gasteiger partial charge in [-0.05, 0) is 13.0 Å². The van der Waals surface area contributed by atoms with Crippen LogP contribution in [0.5, 0.6) is 0 Å². The van der Waals surface area contributed by atoms with Crippen molar-refractivity contribution >= 4 is 5.97 Å². The predicted octanol–water partition coefficient (Wildman–Crippen LogP) is 1.97. The third kappa shape index (κ3) is 1.66. The van der Waals surface area contributed by atoms with E-state index in [1.165, 1.54) is 0 Å². The minimum absolute atomic E-state index is 0.0313. The first-order valence-electron chi connectivity index (χ1n) is 3.32. The molecular weight excluding hydrogens is 187 g/mol. The Hall–Kier alpha value is -1.46. The molecule has 0 bridgehead atoms. The van der Waals surface area contributed by atoms with Crippen LogP contribution in [0.15, 0.2) is 12.3 Å². The normalized spacial score (nSPS) is 11.7. The van der Waals surface area contributed by atoms with E-state index in [0.717, 1.165) is 13.0 Å². The molecule has 0 spiro atoms. The first kappa shape index (κ1) is 9.63. The van der Waals surface area contributed by atoms with Crippen LogP contribution in [-0.2, 0) is 6.30 Å². The Balaban J connectivity index is 3.22. The van der Waals surface area contributed by atoms with E-state index in [-0.39, 0.29) is 15.8 Å². The third-order valence-corrected chi connectivity index (χ3v) is 1.64. The van der Waals surface area contributed by atoms with Crippen LogP contribution in [0.3, 0.4) is 0 Å². The van der Waals surface area contributed by atoms with Crippen molar-refractivity contribution in [1.82, 2.24) is 4.57 Å². The van der Waals surface area contributed by atoms with Crippen molar-refractivity contribution < 1.29 is 23.1 Å². The summed E-state index contributed by atoms with van der Waals surface area (Å²) < 4.78 is 36.3. The highest BCUT2D eigenvalue weighted by Gasteiger charge is 2.32. The van der Waals surface area contributed by atoms with E-state index in [2.05, 4.69) is 0 Å². The van der Waals surface area contributed by atoms with Gasteiger partial charge < -0.3 is 5.11 Å². The maximum absolute atomic E-state index is 12.1. The van der Waals surface area contributed by atoms with E-state index in [1.807, 2.05) is 0 Å². The number of carbonyl (C=O) groups is 1. The first-order valence-corrected chi connectivity index (χ1v) is 3.32. The van der Waals surface area contributed by atoms with Crippen molar-refractivity contribution in [1.29, 1.82) is 0 Å². The fraction of sp³-hybridized carbons (Fsp3) is 0.286. The number of nitrogens with zero attached hydrogens (tertiary/aromatic N) is 1. The van der Waals surface area contributed by atoms with E-state index in [4.69, 9.17) is 5.11 Å². The Kier molecular flexibility index (Phi) is 2.07. The minimum Gasteiger partial charge on any atom is -0.478 e. The predicted molar refractivity (Wildman–Crippen MR) is 37.4 cm³/mol. The molecule has 0 aliphatic carbocycles. The minimum atomic E-state index is -4.56. The van der Waals surface area contributed by atoms with Gasteiger partial charge in [0.25, 0.3) is 0 Å². The summed E-state index contributed by atoms with van der Waals surface area (Å²) in [4.78, 5) is 10.4. The average Bonchev–Trinajstić information content (AvgIpc) is 2.28. The van der Waals surface area contributed by atoms with E-state index >= 15 is 0 Å². The summed E-state index contributed by atoms with van der Waals surface area (Å²) >= 11 is 0. The van der Waals surface area contributed by atoms with Crippen molar-refractivity contribution in [2.75, 3.05) is 0 Å². The molecule has 0 aromatic carbocycles. The zero-order valence-corrected chi connectivity index (χ0v) is 6.59. The molecule has 13 heavy (non-hydrogen) atoms. The number of carboxylic acids is 1. The van der Waals surface area contributed by atoms with Gasteiger partial charge in [-0.25, -0.2) is 4.79 Å². The van der Waals surface area contributed by atoms with Crippen LogP contribution >= 0.6 is 0 Å². The Morgan fingerprint density at radius 3 is 2.31 bits per heavy atom. The highest BCUT2D eigenvalue weighted by Crippen LogP contribution is 2.26. The smallest absolute Gasteiger partial charge is 0.478 e. The van der Waals surface area contributed by atoms with Gasteiger partial charge in [0.1, 0.15) is 0 Å². The number of halogens is 3. The lowest BCUT2D eigenvalue weighted by Crippen LogP contribution is -2.17. The van der Waals surface area contributed by atoms with Crippen LogP contribution in [0.2, 0.25) is 0 Å². The second kappa shape index (κ2) is 2.79. The second-order valence-electron chi connectivity index (χ2n) is 2.46. The molecule has 3 nitrogen and oxygen atoms in total. The quantitative estimate of drug-likeness (QED) is 0.740. The van der Waals surface area contributed by atoms with Crippen molar-refractivity contribution in [3.63, 3.8) is 0 Å². The molecule has 0 saturated heterocycles. The largest absolute Gasteiger partial charge is 0.488 e. The van der Waals surface area contributed by atoms with Crippen molar-refractivity contribution in [3.05, 3.63) is 23.5 Å². The lowest BCUT2D eigenvalue weighted by atomic mass is 10.3. The summed E-state index contributed by atoms with van der Waals surface area (Å²) in [6, 6.07) is 0.922. The zero-order chi connectivity index (χ0) is 10.2. The molecule has 1 rings (SSSR count). The van der Waals surface area contributed by atoms with Gasteiger partial charge in [-0.2, -0.15) is 0 Å². The molecular formula is C7H6F3NO2. The van der Waals surface area contributed by atoms with Gasteiger partial charge in [0, 0.05) is 11.9 Å². The van der Waals surface area contributed by atoms with Crippen LogP contribution in [0.4, 0.5) is 13.2 Å². The van der Waals surface area contributed by atoms with Gasteiger partial charge in [0.2, 0.25) is 0 Å². The molecule has 1 aromatic rings. The molecule has 1 N–H and O–H groups in total. The molecule has 0 radical (unpaired) electrons. The number of hydrogen-bond donors (Lipinski definition) is 1. The number of aromatic nitrogens is 1. The van der Waals surface area contributed by atoms with Crippen molar-refractivity contribution in [2.45, 2.75) is 13.2 Å². The molecule has 1 heterocycles. The number of aromatic carboxylic acids is 1. The molecule has 6 heteroatoms. The van der Waals surface area contributed by atoms with E-state index in [9.17, 15) is 18.0 Å². The van der Waals surface area contributed by atoms with Gasteiger partial charge in [0.15, 0.2) is 0 Å². The fourth-order valence-corrected chi connectivity index (χ4v) is 1.01. The zero-order valence-electron chi connectivity index (χ0n) is 6.59. The summed E-state index contributed by atoms with van der Waals surface area (Å²) in [5, 5.41) is 8.46. The molecule has 1 aromatic heterocycles. The number of hydrogen-bond acceptors (Lipinski definition) is 1. The molecule has 0 aliphatic heterocycles. The van der Waals surface area contributed by atoms with Gasteiger partial charge in [-0.1, -0.05) is 0 Å². The standard InChI is InChI=1S/C7H6F3NO2/c1-4-5(6(12)13)2-3-11(4)7(8,9)10/h2-3H,1H3,(H,12,13). The Morgan fingerprint density at radius 1 is 1.54 bits per heavy atom. The van der Waals surface area contributed by atoms with E-state index in [1.54, 1.807) is 0 Å². The molecule has 72 valence electrons. The lowest BCUT2D eigenvalue weighted by Gasteiger charge is -2.09. The van der Waals surface area contributed by atoms with Gasteiger partial charge in [-0.3, -0.25) is 4.57 Å².